The van der Waals surface area contributed by atoms with Crippen LogP contribution in [0.2, 0.25) is 0 Å². The fraction of sp³-hybridized carbons (Fsp3) is 0.182. The van der Waals surface area contributed by atoms with E-state index in [1.54, 1.807) is 24.3 Å². The molecule has 0 aliphatic heterocycles. The van der Waals surface area contributed by atoms with Gasteiger partial charge < -0.3 is 5.11 Å². The van der Waals surface area contributed by atoms with E-state index in [1.807, 2.05) is 6.07 Å². The summed E-state index contributed by atoms with van der Waals surface area (Å²) < 4.78 is 40.3. The molecule has 0 radical (unpaired) electrons. The van der Waals surface area contributed by atoms with Crippen LogP contribution in [0, 0.1) is 16.5 Å². The predicted molar refractivity (Wildman–Crippen MR) is 111 cm³/mol. The normalized spacial score (nSPS) is 13.7. The Morgan fingerprint density at radius 2 is 1.93 bits per heavy atom. The lowest BCUT2D eigenvalue weighted by Crippen LogP contribution is -2.11. The molecule has 5 nitrogen and oxygen atoms in total. The Morgan fingerprint density at radius 3 is 2.53 bits per heavy atom. The summed E-state index contributed by atoms with van der Waals surface area (Å²) in [4.78, 5) is 12.0. The van der Waals surface area contributed by atoms with Crippen molar-refractivity contribution in [2.75, 3.05) is 0 Å². The Morgan fingerprint density at radius 1 is 1.17 bits per heavy atom. The number of nitrogens with zero attached hydrogens (tertiary/aromatic N) is 1. The number of carbonyl (C=O) groups is 1. The van der Waals surface area contributed by atoms with E-state index in [0.717, 1.165) is 24.2 Å². The number of hydrogen-bond acceptors (Lipinski definition) is 5. The first-order valence-electron chi connectivity index (χ1n) is 9.17. The Balaban J connectivity index is 1.82. The van der Waals surface area contributed by atoms with Crippen molar-refractivity contribution >= 4 is 27.1 Å². The number of thiophene rings is 1. The molecule has 2 aromatic carbocycles. The van der Waals surface area contributed by atoms with E-state index in [0.29, 0.717) is 27.1 Å². The summed E-state index contributed by atoms with van der Waals surface area (Å²) in [5.41, 5.74) is 1.74. The van der Waals surface area contributed by atoms with Crippen molar-refractivity contribution in [1.82, 2.24) is 0 Å². The standard InChI is InChI=1S/C22H16FNO4S2/c23-21-8-7-19(29-21)17-5-1-13(11-24)9-16(17)12-30(27,28)20-10-15(22(25)26)4-6-18(20)14-2-3-14/h1,4-10,14H,2-3,12H2,(H,25,26). The number of hydrogen-bond donors (Lipinski definition) is 1. The van der Waals surface area contributed by atoms with Gasteiger partial charge >= 0.3 is 5.97 Å². The van der Waals surface area contributed by atoms with Gasteiger partial charge in [-0.3, -0.25) is 0 Å². The summed E-state index contributed by atoms with van der Waals surface area (Å²) >= 11 is 0.893. The number of rotatable bonds is 6. The molecule has 0 unspecified atom stereocenters. The molecule has 0 bridgehead atoms. The fourth-order valence-corrected chi connectivity index (χ4v) is 5.93. The minimum atomic E-state index is -3.92. The quantitative estimate of drug-likeness (QED) is 0.582. The van der Waals surface area contributed by atoms with Crippen LogP contribution in [0.4, 0.5) is 4.39 Å². The van der Waals surface area contributed by atoms with Crippen LogP contribution in [0.1, 0.15) is 45.8 Å². The van der Waals surface area contributed by atoms with Gasteiger partial charge in [0.2, 0.25) is 0 Å². The second kappa shape index (κ2) is 7.67. The van der Waals surface area contributed by atoms with Gasteiger partial charge in [-0.25, -0.2) is 13.2 Å². The van der Waals surface area contributed by atoms with E-state index >= 15 is 0 Å². The molecule has 1 saturated carbocycles. The largest absolute Gasteiger partial charge is 0.478 e. The van der Waals surface area contributed by atoms with E-state index in [4.69, 9.17) is 0 Å². The van der Waals surface area contributed by atoms with Crippen molar-refractivity contribution in [3.8, 4) is 16.5 Å². The molecule has 3 aromatic rings. The summed E-state index contributed by atoms with van der Waals surface area (Å²) in [6.45, 7) is 0. The number of nitriles is 1. The van der Waals surface area contributed by atoms with Crippen LogP contribution in [-0.4, -0.2) is 19.5 Å². The van der Waals surface area contributed by atoms with Crippen LogP contribution < -0.4 is 0 Å². The molecule has 0 spiro atoms. The number of sulfone groups is 1. The molecule has 1 aliphatic rings. The smallest absolute Gasteiger partial charge is 0.335 e. The Hall–Kier alpha value is -3.02. The topological polar surface area (TPSA) is 95.2 Å². The van der Waals surface area contributed by atoms with Gasteiger partial charge in [-0.1, -0.05) is 12.1 Å². The van der Waals surface area contributed by atoms with Crippen molar-refractivity contribution < 1.29 is 22.7 Å². The number of benzene rings is 2. The summed E-state index contributed by atoms with van der Waals surface area (Å²) in [7, 11) is -3.92. The minimum Gasteiger partial charge on any atom is -0.478 e. The minimum absolute atomic E-state index is 0.00979. The number of aromatic carboxylic acids is 1. The molecular weight excluding hydrogens is 425 g/mol. The molecule has 0 saturated heterocycles. The van der Waals surface area contributed by atoms with E-state index in [2.05, 4.69) is 0 Å². The van der Waals surface area contributed by atoms with Crippen molar-refractivity contribution in [1.29, 1.82) is 5.26 Å². The molecule has 1 N–H and O–H groups in total. The van der Waals surface area contributed by atoms with E-state index in [1.165, 1.54) is 24.3 Å². The molecule has 4 rings (SSSR count). The Kier molecular flexibility index (Phi) is 5.18. The third-order valence-electron chi connectivity index (χ3n) is 5.03. The number of carboxylic acids is 1. The zero-order valence-corrected chi connectivity index (χ0v) is 17.3. The maximum absolute atomic E-state index is 13.6. The zero-order valence-electron chi connectivity index (χ0n) is 15.6. The zero-order chi connectivity index (χ0) is 21.5. The van der Waals surface area contributed by atoms with E-state index in [-0.39, 0.29) is 16.4 Å². The highest BCUT2D eigenvalue weighted by Gasteiger charge is 2.31. The number of carboxylic acid groups (broad SMARTS) is 1. The molecule has 0 amide bonds. The van der Waals surface area contributed by atoms with Gasteiger partial charge in [0, 0.05) is 4.88 Å². The maximum atomic E-state index is 13.6. The van der Waals surface area contributed by atoms with Gasteiger partial charge in [0.25, 0.3) is 0 Å². The molecule has 0 atom stereocenters. The Bertz CT molecular complexity index is 1300. The average Bonchev–Trinajstić information content (AvgIpc) is 3.48. The highest BCUT2D eigenvalue weighted by Crippen LogP contribution is 2.44. The summed E-state index contributed by atoms with van der Waals surface area (Å²) in [6.07, 6.45) is 1.72. The lowest BCUT2D eigenvalue weighted by molar-refractivity contribution is 0.0696. The second-order valence-electron chi connectivity index (χ2n) is 7.18. The molecule has 1 aromatic heterocycles. The van der Waals surface area contributed by atoms with Gasteiger partial charge in [-0.2, -0.15) is 9.65 Å². The first-order valence-corrected chi connectivity index (χ1v) is 11.6. The lowest BCUT2D eigenvalue weighted by Gasteiger charge is -2.13. The second-order valence-corrected chi connectivity index (χ2v) is 10.2. The van der Waals surface area contributed by atoms with Crippen LogP contribution in [-0.2, 0) is 15.6 Å². The molecule has 30 heavy (non-hydrogen) atoms. The van der Waals surface area contributed by atoms with E-state index < -0.39 is 26.7 Å². The van der Waals surface area contributed by atoms with Crippen molar-refractivity contribution in [3.05, 3.63) is 75.9 Å². The molecule has 8 heteroatoms. The van der Waals surface area contributed by atoms with Gasteiger partial charge in [0.1, 0.15) is 0 Å². The van der Waals surface area contributed by atoms with Crippen LogP contribution in [0.25, 0.3) is 10.4 Å². The van der Waals surface area contributed by atoms with E-state index in [9.17, 15) is 28.0 Å². The first-order chi connectivity index (χ1) is 14.3. The van der Waals surface area contributed by atoms with Crippen molar-refractivity contribution in [3.63, 3.8) is 0 Å². The van der Waals surface area contributed by atoms with Gasteiger partial charge in [0.05, 0.1) is 27.8 Å². The van der Waals surface area contributed by atoms with Gasteiger partial charge in [-0.05, 0) is 71.8 Å². The molecule has 1 fully saturated rings. The molecular formula is C22H16FNO4S2. The van der Waals surface area contributed by atoms with Crippen LogP contribution >= 0.6 is 11.3 Å². The van der Waals surface area contributed by atoms with Gasteiger partial charge in [-0.15, -0.1) is 11.3 Å². The van der Waals surface area contributed by atoms with Crippen LogP contribution in [0.5, 0.6) is 0 Å². The first kappa shape index (κ1) is 20.3. The van der Waals surface area contributed by atoms with Crippen molar-refractivity contribution in [2.24, 2.45) is 0 Å². The molecule has 1 aliphatic carbocycles. The predicted octanol–water partition coefficient (Wildman–Crippen LogP) is 4.98. The van der Waals surface area contributed by atoms with Crippen LogP contribution in [0.3, 0.4) is 0 Å². The third-order valence-corrected chi connectivity index (χ3v) is 7.65. The maximum Gasteiger partial charge on any atom is 0.335 e. The molecule has 1 heterocycles. The fourth-order valence-electron chi connectivity index (χ4n) is 3.43. The monoisotopic (exact) mass is 441 g/mol. The SMILES string of the molecule is N#Cc1ccc(-c2ccc(F)s2)c(CS(=O)(=O)c2cc(C(=O)O)ccc2C2CC2)c1. The third kappa shape index (κ3) is 3.99. The van der Waals surface area contributed by atoms with Gasteiger partial charge in [0.15, 0.2) is 15.0 Å². The highest BCUT2D eigenvalue weighted by molar-refractivity contribution is 7.90. The summed E-state index contributed by atoms with van der Waals surface area (Å²) in [5, 5.41) is 18.2. The van der Waals surface area contributed by atoms with Crippen LogP contribution in [0.15, 0.2) is 53.4 Å². The summed E-state index contributed by atoms with van der Waals surface area (Å²) in [5.74, 6) is -1.51. The Labute approximate surface area is 177 Å². The van der Waals surface area contributed by atoms with Crippen molar-refractivity contribution in [2.45, 2.75) is 29.4 Å². The molecule has 152 valence electrons. The lowest BCUT2D eigenvalue weighted by atomic mass is 10.0. The summed E-state index contributed by atoms with van der Waals surface area (Å²) in [6, 6.07) is 13.7. The number of halogens is 1. The average molecular weight is 442 g/mol. The highest BCUT2D eigenvalue weighted by atomic mass is 32.2.